The van der Waals surface area contributed by atoms with E-state index in [9.17, 15) is 10.1 Å². The van der Waals surface area contributed by atoms with Crippen molar-refractivity contribution in [1.82, 2.24) is 4.98 Å². The Balaban J connectivity index is 2.48. The Morgan fingerprint density at radius 3 is 2.78 bits per heavy atom. The van der Waals surface area contributed by atoms with Gasteiger partial charge < -0.3 is 10.4 Å². The summed E-state index contributed by atoms with van der Waals surface area (Å²) in [5.41, 5.74) is -0.0129. The van der Waals surface area contributed by atoms with E-state index in [1.54, 1.807) is 6.07 Å². The highest BCUT2D eigenvalue weighted by molar-refractivity contribution is 5.40. The maximum Gasteiger partial charge on any atom is 0.287 e. The monoisotopic (exact) mass is 253 g/mol. The van der Waals surface area contributed by atoms with E-state index in [1.165, 1.54) is 12.3 Å². The zero-order chi connectivity index (χ0) is 13.4. The lowest BCUT2D eigenvalue weighted by molar-refractivity contribution is -0.385. The second-order valence-electron chi connectivity index (χ2n) is 4.21. The van der Waals surface area contributed by atoms with Crippen LogP contribution in [0.4, 0.5) is 11.5 Å². The van der Waals surface area contributed by atoms with Crippen molar-refractivity contribution in [1.29, 1.82) is 0 Å². The number of anilines is 1. The number of nitrogens with one attached hydrogen (secondary N) is 1. The fourth-order valence-corrected chi connectivity index (χ4v) is 1.79. The van der Waals surface area contributed by atoms with Crippen LogP contribution in [-0.4, -0.2) is 28.2 Å². The maximum absolute atomic E-state index is 10.5. The molecule has 2 N–H and O–H groups in total. The normalized spacial score (nSPS) is 12.1. The van der Waals surface area contributed by atoms with E-state index in [0.717, 1.165) is 25.8 Å². The third-order valence-electron chi connectivity index (χ3n) is 2.76. The lowest BCUT2D eigenvalue weighted by atomic mass is 10.0. The first-order chi connectivity index (χ1) is 8.67. The summed E-state index contributed by atoms with van der Waals surface area (Å²) in [4.78, 5) is 14.0. The second-order valence-corrected chi connectivity index (χ2v) is 4.21. The molecule has 0 aliphatic carbocycles. The first-order valence-electron chi connectivity index (χ1n) is 6.12. The third-order valence-corrected chi connectivity index (χ3v) is 2.76. The average molecular weight is 253 g/mol. The van der Waals surface area contributed by atoms with Gasteiger partial charge in [-0.3, -0.25) is 10.1 Å². The molecule has 6 nitrogen and oxygen atoms in total. The molecule has 0 aliphatic heterocycles. The Hall–Kier alpha value is -1.69. The zero-order valence-electron chi connectivity index (χ0n) is 10.5. The van der Waals surface area contributed by atoms with E-state index in [0.29, 0.717) is 11.7 Å². The topological polar surface area (TPSA) is 88.3 Å². The molecule has 6 heteroatoms. The summed E-state index contributed by atoms with van der Waals surface area (Å²) >= 11 is 0. The van der Waals surface area contributed by atoms with Gasteiger partial charge in [-0.2, -0.15) is 0 Å². The Morgan fingerprint density at radius 1 is 1.50 bits per heavy atom. The Bertz CT molecular complexity index is 361. The maximum atomic E-state index is 10.5. The van der Waals surface area contributed by atoms with E-state index in [-0.39, 0.29) is 12.3 Å². The lowest BCUT2D eigenvalue weighted by Crippen LogP contribution is -2.16. The van der Waals surface area contributed by atoms with Gasteiger partial charge in [-0.25, -0.2) is 4.98 Å². The van der Waals surface area contributed by atoms with Crippen molar-refractivity contribution in [2.45, 2.75) is 26.2 Å². The van der Waals surface area contributed by atoms with Crippen LogP contribution < -0.4 is 5.32 Å². The highest BCUT2D eigenvalue weighted by atomic mass is 16.6. The molecule has 0 bridgehead atoms. The van der Waals surface area contributed by atoms with Crippen LogP contribution in [0.1, 0.15) is 26.2 Å². The van der Waals surface area contributed by atoms with Gasteiger partial charge in [0.1, 0.15) is 12.0 Å². The second kappa shape index (κ2) is 7.60. The molecule has 0 aliphatic rings. The smallest absolute Gasteiger partial charge is 0.287 e. The highest BCUT2D eigenvalue weighted by Gasteiger charge is 2.08. The highest BCUT2D eigenvalue weighted by Crippen LogP contribution is 2.14. The molecular weight excluding hydrogens is 234 g/mol. The number of pyridine rings is 1. The van der Waals surface area contributed by atoms with Crippen LogP contribution in [0.5, 0.6) is 0 Å². The molecule has 0 saturated heterocycles. The molecule has 100 valence electrons. The van der Waals surface area contributed by atoms with E-state index in [4.69, 9.17) is 5.11 Å². The summed E-state index contributed by atoms with van der Waals surface area (Å²) in [7, 11) is 0. The summed E-state index contributed by atoms with van der Waals surface area (Å²) in [5, 5.41) is 22.5. The SMILES string of the molecule is CCCC(CCO)CNc1ccc([N+](=O)[O-])cn1. The van der Waals surface area contributed by atoms with Crippen LogP contribution in [0, 0.1) is 16.0 Å². The van der Waals surface area contributed by atoms with Gasteiger partial charge in [0, 0.05) is 19.2 Å². The third kappa shape index (κ3) is 4.67. The Kier molecular flexibility index (Phi) is 6.07. The van der Waals surface area contributed by atoms with Crippen molar-refractivity contribution >= 4 is 11.5 Å². The predicted octanol–water partition coefficient (Wildman–Crippen LogP) is 2.20. The van der Waals surface area contributed by atoms with Crippen molar-refractivity contribution in [3.63, 3.8) is 0 Å². The van der Waals surface area contributed by atoms with Gasteiger partial charge in [-0.05, 0) is 24.8 Å². The van der Waals surface area contributed by atoms with Crippen LogP contribution in [0.15, 0.2) is 18.3 Å². The summed E-state index contributed by atoms with van der Waals surface area (Å²) in [5.74, 6) is 1.02. The molecule has 1 unspecified atom stereocenters. The van der Waals surface area contributed by atoms with Crippen LogP contribution in [0.2, 0.25) is 0 Å². The van der Waals surface area contributed by atoms with Crippen LogP contribution in [-0.2, 0) is 0 Å². The molecule has 18 heavy (non-hydrogen) atoms. The lowest BCUT2D eigenvalue weighted by Gasteiger charge is -2.15. The molecule has 0 aromatic carbocycles. The molecule has 0 fully saturated rings. The minimum absolute atomic E-state index is 0.0129. The predicted molar refractivity (Wildman–Crippen MR) is 69.5 cm³/mol. The Morgan fingerprint density at radius 2 is 2.28 bits per heavy atom. The molecule has 1 atom stereocenters. The van der Waals surface area contributed by atoms with E-state index in [2.05, 4.69) is 17.2 Å². The number of hydrogen-bond donors (Lipinski definition) is 2. The van der Waals surface area contributed by atoms with Gasteiger partial charge in [0.05, 0.1) is 4.92 Å². The summed E-state index contributed by atoms with van der Waals surface area (Å²) in [6, 6.07) is 3.02. The van der Waals surface area contributed by atoms with Crippen molar-refractivity contribution in [3.05, 3.63) is 28.4 Å². The number of aliphatic hydroxyl groups excluding tert-OH is 1. The minimum atomic E-state index is -0.470. The van der Waals surface area contributed by atoms with Gasteiger partial charge in [0.15, 0.2) is 0 Å². The molecular formula is C12H19N3O3. The van der Waals surface area contributed by atoms with Crippen LogP contribution >= 0.6 is 0 Å². The molecule has 0 spiro atoms. The number of hydrogen-bond acceptors (Lipinski definition) is 5. The van der Waals surface area contributed by atoms with Gasteiger partial charge in [0.25, 0.3) is 5.69 Å². The molecule has 1 aromatic heterocycles. The fourth-order valence-electron chi connectivity index (χ4n) is 1.79. The number of aromatic nitrogens is 1. The van der Waals surface area contributed by atoms with Crippen molar-refractivity contribution in [2.75, 3.05) is 18.5 Å². The first-order valence-corrected chi connectivity index (χ1v) is 6.12. The molecule has 1 rings (SSSR count). The van der Waals surface area contributed by atoms with Gasteiger partial charge in [-0.1, -0.05) is 13.3 Å². The van der Waals surface area contributed by atoms with Crippen molar-refractivity contribution < 1.29 is 10.0 Å². The molecule has 0 radical (unpaired) electrons. The van der Waals surface area contributed by atoms with E-state index >= 15 is 0 Å². The zero-order valence-corrected chi connectivity index (χ0v) is 10.5. The van der Waals surface area contributed by atoms with E-state index < -0.39 is 4.92 Å². The Labute approximate surface area is 106 Å². The molecule has 0 amide bonds. The number of aliphatic hydroxyl groups is 1. The number of nitrogens with zero attached hydrogens (tertiary/aromatic N) is 2. The van der Waals surface area contributed by atoms with Crippen molar-refractivity contribution in [2.24, 2.45) is 5.92 Å². The first kappa shape index (κ1) is 14.4. The minimum Gasteiger partial charge on any atom is -0.396 e. The summed E-state index contributed by atoms with van der Waals surface area (Å²) in [6.45, 7) is 3.01. The average Bonchev–Trinajstić information content (AvgIpc) is 2.37. The summed E-state index contributed by atoms with van der Waals surface area (Å²) < 4.78 is 0. The van der Waals surface area contributed by atoms with Gasteiger partial charge in [0.2, 0.25) is 0 Å². The quantitative estimate of drug-likeness (QED) is 0.547. The van der Waals surface area contributed by atoms with Crippen LogP contribution in [0.25, 0.3) is 0 Å². The standard InChI is InChI=1S/C12H19N3O3/c1-2-3-10(6-7-16)8-13-12-5-4-11(9-14-12)15(17)18/h4-5,9-10,16H,2-3,6-8H2,1H3,(H,13,14). The fraction of sp³-hybridized carbons (Fsp3) is 0.583. The van der Waals surface area contributed by atoms with E-state index in [1.807, 2.05) is 0 Å². The molecule has 1 aromatic rings. The number of rotatable bonds is 8. The van der Waals surface area contributed by atoms with Gasteiger partial charge in [-0.15, -0.1) is 0 Å². The van der Waals surface area contributed by atoms with Gasteiger partial charge >= 0.3 is 0 Å². The largest absolute Gasteiger partial charge is 0.396 e. The van der Waals surface area contributed by atoms with Crippen molar-refractivity contribution in [3.8, 4) is 0 Å². The molecule has 1 heterocycles. The summed E-state index contributed by atoms with van der Waals surface area (Å²) in [6.07, 6.45) is 4.11. The molecule has 0 saturated carbocycles. The van der Waals surface area contributed by atoms with Crippen LogP contribution in [0.3, 0.4) is 0 Å². The number of nitro groups is 1.